The van der Waals surface area contributed by atoms with Gasteiger partial charge in [0, 0.05) is 50.8 Å². The normalized spacial score (nSPS) is 22.6. The van der Waals surface area contributed by atoms with Gasteiger partial charge in [0.2, 0.25) is 0 Å². The molecule has 0 bridgehead atoms. The maximum Gasteiger partial charge on any atom is 0.0853 e. The van der Waals surface area contributed by atoms with Crippen molar-refractivity contribution in [3.63, 3.8) is 0 Å². The first-order valence-electron chi connectivity index (χ1n) is 8.10. The smallest absolute Gasteiger partial charge is 0.0853 e. The highest BCUT2D eigenvalue weighted by Gasteiger charge is 2.30. The third-order valence-electron chi connectivity index (χ3n) is 4.69. The van der Waals surface area contributed by atoms with Crippen LogP contribution < -0.4 is 5.32 Å². The minimum atomic E-state index is -0.0480. The molecule has 0 radical (unpaired) electrons. The average molecular weight is 301 g/mol. The third-order valence-corrected chi connectivity index (χ3v) is 4.69. The highest BCUT2D eigenvalue weighted by molar-refractivity contribution is 5.13. The maximum absolute atomic E-state index is 4.47. The lowest BCUT2D eigenvalue weighted by Gasteiger charge is -2.46. The number of nitrogens with one attached hydrogen (secondary N) is 1. The van der Waals surface area contributed by atoms with E-state index in [0.717, 1.165) is 45.0 Å². The number of nitrogens with zero attached hydrogens (tertiary/aromatic N) is 4. The molecule has 1 aromatic rings. The molecule has 0 aromatic carbocycles. The number of pyridine rings is 1. The summed E-state index contributed by atoms with van der Waals surface area (Å²) in [4.78, 5) is 11.7. The van der Waals surface area contributed by atoms with E-state index in [-0.39, 0.29) is 5.66 Å². The van der Waals surface area contributed by atoms with E-state index in [9.17, 15) is 0 Å². The molecule has 3 rings (SSSR count). The lowest BCUT2D eigenvalue weighted by atomic mass is 10.1. The zero-order chi connectivity index (χ0) is 15.6. The number of hydrogen-bond donors (Lipinski definition) is 1. The van der Waals surface area contributed by atoms with E-state index in [1.165, 1.54) is 5.70 Å². The molecule has 120 valence electrons. The zero-order valence-electron chi connectivity index (χ0n) is 13.9. The van der Waals surface area contributed by atoms with E-state index in [1.807, 2.05) is 12.3 Å². The van der Waals surface area contributed by atoms with Gasteiger partial charge < -0.3 is 14.7 Å². The van der Waals surface area contributed by atoms with Crippen molar-refractivity contribution in [1.82, 2.24) is 25.0 Å². The number of rotatable bonds is 3. The summed E-state index contributed by atoms with van der Waals surface area (Å²) in [7, 11) is 2.20. The van der Waals surface area contributed by atoms with Gasteiger partial charge in [-0.25, -0.2) is 0 Å². The quantitative estimate of drug-likeness (QED) is 0.911. The standard InChI is InChI=1S/C17H27N5/c1-17(2)19-12-16(21-10-8-20(3)9-11-21)14-22(17)13-15-6-4-5-7-18-15/h4-7,14,19H,8-13H2,1-3H3. The Balaban J connectivity index is 1.75. The highest BCUT2D eigenvalue weighted by atomic mass is 15.4. The fraction of sp³-hybridized carbons (Fsp3) is 0.588. The summed E-state index contributed by atoms with van der Waals surface area (Å²) in [6, 6.07) is 6.11. The third kappa shape index (κ3) is 3.42. The zero-order valence-corrected chi connectivity index (χ0v) is 13.9. The van der Waals surface area contributed by atoms with Gasteiger partial charge in [-0.3, -0.25) is 10.3 Å². The monoisotopic (exact) mass is 301 g/mol. The summed E-state index contributed by atoms with van der Waals surface area (Å²) in [5.41, 5.74) is 2.45. The topological polar surface area (TPSA) is 34.6 Å². The Morgan fingerprint density at radius 2 is 1.95 bits per heavy atom. The Morgan fingerprint density at radius 1 is 1.18 bits per heavy atom. The molecule has 0 amide bonds. The van der Waals surface area contributed by atoms with E-state index < -0.39 is 0 Å². The van der Waals surface area contributed by atoms with Crippen molar-refractivity contribution in [3.8, 4) is 0 Å². The largest absolute Gasteiger partial charge is 0.370 e. The van der Waals surface area contributed by atoms with Crippen LogP contribution in [0.25, 0.3) is 0 Å². The van der Waals surface area contributed by atoms with E-state index >= 15 is 0 Å². The van der Waals surface area contributed by atoms with Gasteiger partial charge in [0.1, 0.15) is 0 Å². The maximum atomic E-state index is 4.47. The molecule has 0 spiro atoms. The first kappa shape index (κ1) is 15.3. The summed E-state index contributed by atoms with van der Waals surface area (Å²) >= 11 is 0. The fourth-order valence-electron chi connectivity index (χ4n) is 2.99. The van der Waals surface area contributed by atoms with Gasteiger partial charge in [-0.2, -0.15) is 0 Å². The second-order valence-electron chi connectivity index (χ2n) is 6.77. The Kier molecular flexibility index (Phi) is 4.36. The van der Waals surface area contributed by atoms with Crippen LogP contribution in [0.1, 0.15) is 19.5 Å². The highest BCUT2D eigenvalue weighted by Crippen LogP contribution is 2.22. The summed E-state index contributed by atoms with van der Waals surface area (Å²) < 4.78 is 0. The molecule has 0 saturated carbocycles. The van der Waals surface area contributed by atoms with Gasteiger partial charge in [0.05, 0.1) is 17.9 Å². The molecular weight excluding hydrogens is 274 g/mol. The molecule has 1 saturated heterocycles. The van der Waals surface area contributed by atoms with Crippen LogP contribution in [-0.4, -0.2) is 65.1 Å². The fourth-order valence-corrected chi connectivity index (χ4v) is 2.99. The van der Waals surface area contributed by atoms with Crippen LogP contribution in [0.5, 0.6) is 0 Å². The summed E-state index contributed by atoms with van der Waals surface area (Å²) in [6.07, 6.45) is 4.20. The number of likely N-dealkylation sites (N-methyl/N-ethyl adjacent to an activating group) is 1. The number of hydrogen-bond acceptors (Lipinski definition) is 5. The molecule has 5 heteroatoms. The van der Waals surface area contributed by atoms with Crippen molar-refractivity contribution >= 4 is 0 Å². The minimum absolute atomic E-state index is 0.0480. The van der Waals surface area contributed by atoms with E-state index in [2.05, 4.69) is 64.2 Å². The summed E-state index contributed by atoms with van der Waals surface area (Å²) in [5, 5.41) is 3.66. The van der Waals surface area contributed by atoms with Gasteiger partial charge in [-0.05, 0) is 33.0 Å². The number of piperazine rings is 1. The number of aromatic nitrogens is 1. The molecule has 1 fully saturated rings. The Bertz CT molecular complexity index is 517. The van der Waals surface area contributed by atoms with Gasteiger partial charge in [0.15, 0.2) is 0 Å². The van der Waals surface area contributed by atoms with Crippen LogP contribution in [0, 0.1) is 0 Å². The predicted octanol–water partition coefficient (Wildman–Crippen LogP) is 1.31. The molecule has 3 heterocycles. The second-order valence-corrected chi connectivity index (χ2v) is 6.77. The second kappa shape index (κ2) is 6.26. The SMILES string of the molecule is CN1CCN(C2=CN(Cc3ccccn3)C(C)(C)NC2)CC1. The van der Waals surface area contributed by atoms with Crippen molar-refractivity contribution in [2.75, 3.05) is 39.8 Å². The van der Waals surface area contributed by atoms with E-state index in [1.54, 1.807) is 0 Å². The molecule has 5 nitrogen and oxygen atoms in total. The van der Waals surface area contributed by atoms with Crippen LogP contribution >= 0.6 is 0 Å². The molecule has 22 heavy (non-hydrogen) atoms. The van der Waals surface area contributed by atoms with Gasteiger partial charge >= 0.3 is 0 Å². The predicted molar refractivity (Wildman–Crippen MR) is 89.0 cm³/mol. The molecular formula is C17H27N5. The minimum Gasteiger partial charge on any atom is -0.370 e. The molecule has 2 aliphatic heterocycles. The van der Waals surface area contributed by atoms with Gasteiger partial charge in [0.25, 0.3) is 0 Å². The van der Waals surface area contributed by atoms with Crippen LogP contribution in [0.3, 0.4) is 0 Å². The molecule has 0 atom stereocenters. The van der Waals surface area contributed by atoms with Crippen molar-refractivity contribution in [2.45, 2.75) is 26.1 Å². The van der Waals surface area contributed by atoms with Crippen LogP contribution in [-0.2, 0) is 6.54 Å². The molecule has 0 aliphatic carbocycles. The van der Waals surface area contributed by atoms with Crippen molar-refractivity contribution in [1.29, 1.82) is 0 Å². The average Bonchev–Trinajstić information content (AvgIpc) is 2.51. The van der Waals surface area contributed by atoms with Crippen molar-refractivity contribution < 1.29 is 0 Å². The summed E-state index contributed by atoms with van der Waals surface area (Å²) in [5.74, 6) is 0. The Labute approximate surface area is 133 Å². The van der Waals surface area contributed by atoms with Gasteiger partial charge in [-0.1, -0.05) is 6.07 Å². The van der Waals surface area contributed by atoms with E-state index in [4.69, 9.17) is 0 Å². The van der Waals surface area contributed by atoms with Crippen LogP contribution in [0.15, 0.2) is 36.3 Å². The van der Waals surface area contributed by atoms with Crippen molar-refractivity contribution in [2.24, 2.45) is 0 Å². The first-order chi connectivity index (χ1) is 10.5. The van der Waals surface area contributed by atoms with Gasteiger partial charge in [-0.15, -0.1) is 0 Å². The first-order valence-corrected chi connectivity index (χ1v) is 8.10. The summed E-state index contributed by atoms with van der Waals surface area (Å²) in [6.45, 7) is 10.7. The molecule has 1 N–H and O–H groups in total. The lowest BCUT2D eigenvalue weighted by Crippen LogP contribution is -2.58. The van der Waals surface area contributed by atoms with Crippen LogP contribution in [0.2, 0.25) is 0 Å². The molecule has 1 aromatic heterocycles. The molecule has 2 aliphatic rings. The lowest BCUT2D eigenvalue weighted by molar-refractivity contribution is 0.101. The Morgan fingerprint density at radius 3 is 2.64 bits per heavy atom. The van der Waals surface area contributed by atoms with E-state index in [0.29, 0.717) is 0 Å². The van der Waals surface area contributed by atoms with Crippen molar-refractivity contribution in [3.05, 3.63) is 42.0 Å². The Hall–Kier alpha value is -1.59. The molecule has 0 unspecified atom stereocenters. The van der Waals surface area contributed by atoms with Crippen LogP contribution in [0.4, 0.5) is 0 Å².